The predicted octanol–water partition coefficient (Wildman–Crippen LogP) is 5.06. The van der Waals surface area contributed by atoms with E-state index in [0.29, 0.717) is 147 Å². The van der Waals surface area contributed by atoms with Crippen molar-refractivity contribution in [3.63, 3.8) is 0 Å². The summed E-state index contributed by atoms with van der Waals surface area (Å²) in [6.45, 7) is 14.5. The molecule has 0 aromatic heterocycles. The largest absolute Gasteiger partial charge is 0.493 e. The van der Waals surface area contributed by atoms with Gasteiger partial charge in [0.2, 0.25) is 17.7 Å². The van der Waals surface area contributed by atoms with Gasteiger partial charge in [0.05, 0.1) is 168 Å². The zero-order chi connectivity index (χ0) is 76.8. The molecular weight excluding hydrogens is 1390 g/mol. The fraction of sp³-hybridized carbons (Fsp3) is 0.547. The zero-order valence-corrected chi connectivity index (χ0v) is 62.0. The van der Waals surface area contributed by atoms with Crippen LogP contribution in [0, 0.1) is 5.92 Å². The smallest absolute Gasteiger partial charge is 0.416 e. The van der Waals surface area contributed by atoms with Gasteiger partial charge < -0.3 is 92.9 Å². The highest BCUT2D eigenvalue weighted by Crippen LogP contribution is 2.43. The number of ether oxygens (including phenoxy) is 13. The van der Waals surface area contributed by atoms with Gasteiger partial charge in [-0.2, -0.15) is 0 Å². The standard InChI is InChI=1S/C75H101N9O23/c1-49(2)69(79-66(86)18-23-97-25-27-99-29-31-101-33-35-103-37-38-104-36-34-102-32-30-100-28-26-98-24-19-77-65(85)17-20-80-67(87)15-16-68(80)88)74(93)83(52(5)70(76)89)54-13-11-53(12-14-54)48-107-75(94)84-59-44-64(62(96-7)42-57(59)72(91)82-47-51(4)40-60(82)73(84)92)106-22-10-8-9-21-105-63-43-58-56(41-61(63)95-6)71(90)81-46-50(3)39-55(81)45-78-58/h11-16,41-47,49,52,55,60,69,73,92H,8-10,17-40,48H2,1-7H3,(H2,76,89)(H,77,85)(H,79,86)/t52-,55-,60-,69-,73-/m0/s1. The number of amides is 9. The van der Waals surface area contributed by atoms with Crippen LogP contribution >= 0.6 is 0 Å². The minimum absolute atomic E-state index is 0.0208. The van der Waals surface area contributed by atoms with Crippen molar-refractivity contribution in [1.82, 2.24) is 25.3 Å². The minimum Gasteiger partial charge on any atom is -0.493 e. The number of methoxy groups -OCH3 is 2. The van der Waals surface area contributed by atoms with E-state index in [4.69, 9.17) is 67.3 Å². The minimum atomic E-state index is -1.56. The molecule has 0 aliphatic carbocycles. The molecule has 32 heteroatoms. The number of carbonyl (C=O) groups excluding carboxylic acids is 9. The van der Waals surface area contributed by atoms with Crippen LogP contribution in [0.1, 0.15) is 106 Å². The van der Waals surface area contributed by atoms with Crippen LogP contribution in [0.2, 0.25) is 0 Å². The lowest BCUT2D eigenvalue weighted by Crippen LogP contribution is -2.56. The van der Waals surface area contributed by atoms with E-state index in [-0.39, 0.29) is 105 Å². The summed E-state index contributed by atoms with van der Waals surface area (Å²) < 4.78 is 73.8. The Bertz CT molecular complexity index is 3640. The summed E-state index contributed by atoms with van der Waals surface area (Å²) in [5, 5.41) is 17.5. The van der Waals surface area contributed by atoms with Crippen LogP contribution in [0.5, 0.6) is 23.0 Å². The van der Waals surface area contributed by atoms with Gasteiger partial charge in [-0.05, 0) is 88.6 Å². The Kier molecular flexibility index (Phi) is 33.3. The number of aliphatic hydroxyl groups excluding tert-OH is 1. The number of hydrogen-bond acceptors (Lipinski definition) is 24. The lowest BCUT2D eigenvalue weighted by Gasteiger charge is -2.33. The normalized spacial score (nSPS) is 17.0. The van der Waals surface area contributed by atoms with E-state index in [1.54, 1.807) is 67.6 Å². The third-order valence-electron chi connectivity index (χ3n) is 17.7. The van der Waals surface area contributed by atoms with Crippen molar-refractivity contribution in [2.24, 2.45) is 16.6 Å². The van der Waals surface area contributed by atoms with Crippen molar-refractivity contribution >= 4 is 76.6 Å². The third kappa shape index (κ3) is 24.3. The number of primary amides is 1. The van der Waals surface area contributed by atoms with Crippen molar-refractivity contribution in [1.29, 1.82) is 0 Å². The number of nitrogens with one attached hydrogen (secondary N) is 2. The number of fused-ring (bicyclic) bond motifs is 4. The van der Waals surface area contributed by atoms with Crippen LogP contribution in [0.3, 0.4) is 0 Å². The van der Waals surface area contributed by atoms with Gasteiger partial charge in [0.25, 0.3) is 29.5 Å². The molecule has 5 aliphatic rings. The van der Waals surface area contributed by atoms with Gasteiger partial charge in [-0.25, -0.2) is 9.69 Å². The number of nitrogens with zero attached hydrogens (tertiary/aromatic N) is 6. The predicted molar refractivity (Wildman–Crippen MR) is 388 cm³/mol. The van der Waals surface area contributed by atoms with E-state index < -0.39 is 71.8 Å². The highest BCUT2D eigenvalue weighted by molar-refractivity contribution is 6.13. The number of rotatable bonds is 48. The molecule has 0 bridgehead atoms. The highest BCUT2D eigenvalue weighted by Gasteiger charge is 2.45. The summed E-state index contributed by atoms with van der Waals surface area (Å²) in [5.74, 6) is -2.72. The number of benzene rings is 3. The van der Waals surface area contributed by atoms with Gasteiger partial charge in [-0.3, -0.25) is 53.1 Å². The second-order valence-corrected chi connectivity index (χ2v) is 26.0. The number of hydrogen-bond donors (Lipinski definition) is 4. The van der Waals surface area contributed by atoms with Crippen LogP contribution in [0.25, 0.3) is 0 Å². The molecule has 9 amide bonds. The summed E-state index contributed by atoms with van der Waals surface area (Å²) in [5.41, 5.74) is 9.45. The van der Waals surface area contributed by atoms with Crippen molar-refractivity contribution in [2.45, 2.75) is 117 Å². The number of nitrogens with two attached hydrogens (primary N) is 1. The van der Waals surface area contributed by atoms with Crippen molar-refractivity contribution in [2.75, 3.05) is 156 Å². The Morgan fingerprint density at radius 1 is 0.607 bits per heavy atom. The zero-order valence-electron chi connectivity index (χ0n) is 62.0. The average molecular weight is 1500 g/mol. The van der Waals surface area contributed by atoms with E-state index >= 15 is 0 Å². The molecule has 0 radical (unpaired) electrons. The quantitative estimate of drug-likeness (QED) is 0.0424. The average Bonchev–Trinajstić information content (AvgIpc) is 1.60. The Balaban J connectivity index is 0.695. The maximum atomic E-state index is 14.4. The monoisotopic (exact) mass is 1500 g/mol. The molecule has 0 saturated heterocycles. The lowest BCUT2D eigenvalue weighted by atomic mass is 10.0. The first-order valence-corrected chi connectivity index (χ1v) is 36.0. The molecule has 5 N–H and O–H groups in total. The molecule has 5 atom stereocenters. The molecule has 32 nitrogen and oxygen atoms in total. The molecule has 107 heavy (non-hydrogen) atoms. The van der Waals surface area contributed by atoms with Crippen LogP contribution < -0.4 is 45.1 Å². The molecular formula is C75H101N9O23. The molecule has 5 aliphatic heterocycles. The first-order chi connectivity index (χ1) is 51.7. The van der Waals surface area contributed by atoms with E-state index in [2.05, 4.69) is 15.6 Å². The van der Waals surface area contributed by atoms with Crippen molar-refractivity contribution < 1.29 is 110 Å². The van der Waals surface area contributed by atoms with E-state index in [1.165, 1.54) is 55.2 Å². The first kappa shape index (κ1) is 83.3. The second kappa shape index (κ2) is 42.8. The third-order valence-corrected chi connectivity index (χ3v) is 17.7. The number of aliphatic hydroxyl groups is 1. The number of aliphatic imine (C=N–C) groups is 1. The summed E-state index contributed by atoms with van der Waals surface area (Å²) >= 11 is 0. The summed E-state index contributed by atoms with van der Waals surface area (Å²) in [4.78, 5) is 129. The van der Waals surface area contributed by atoms with Gasteiger partial charge >= 0.3 is 6.09 Å². The lowest BCUT2D eigenvalue weighted by molar-refractivity contribution is -0.137. The fourth-order valence-electron chi connectivity index (χ4n) is 12.0. The highest BCUT2D eigenvalue weighted by atomic mass is 16.6. The van der Waals surface area contributed by atoms with Crippen LogP contribution in [-0.2, 0) is 78.0 Å². The Labute approximate surface area is 622 Å². The van der Waals surface area contributed by atoms with Crippen molar-refractivity contribution in [3.8, 4) is 23.0 Å². The first-order valence-electron chi connectivity index (χ1n) is 36.0. The van der Waals surface area contributed by atoms with Crippen molar-refractivity contribution in [3.05, 3.63) is 101 Å². The second-order valence-electron chi connectivity index (χ2n) is 26.0. The molecule has 0 unspecified atom stereocenters. The van der Waals surface area contributed by atoms with Gasteiger partial charge in [-0.15, -0.1) is 0 Å². The summed E-state index contributed by atoms with van der Waals surface area (Å²) in [7, 11) is 2.95. The maximum absolute atomic E-state index is 14.4. The molecule has 8 rings (SSSR count). The molecule has 584 valence electrons. The number of anilines is 2. The van der Waals surface area contributed by atoms with Gasteiger partial charge in [0.15, 0.2) is 29.2 Å². The van der Waals surface area contributed by atoms with E-state index in [0.717, 1.165) is 27.4 Å². The van der Waals surface area contributed by atoms with E-state index in [9.17, 15) is 48.3 Å². The van der Waals surface area contributed by atoms with Gasteiger partial charge in [0.1, 0.15) is 18.7 Å². The topological polar surface area (TPSA) is 372 Å². The Hall–Kier alpha value is -9.38. The number of imide groups is 1. The van der Waals surface area contributed by atoms with E-state index in [1.807, 2.05) is 20.0 Å². The molecule has 0 fully saturated rings. The Morgan fingerprint density at radius 3 is 1.67 bits per heavy atom. The maximum Gasteiger partial charge on any atom is 0.416 e. The SMILES string of the molecule is COc1cc2c(cc1OCCCCCOc1cc3c(cc1OC)C(=O)N1C=C(C)C[C@H]1[C@H](O)N3C(=O)OCc1ccc(N(C(=O)[C@@H](NC(=O)CCOCCOCCOCCOCCOCCOCCOCCOCCNC(=O)CCN3C(=O)C=CC3=O)C(C)C)[C@@H](C)C(N)=O)cc1)N=C[C@@H]1CC(C)=CN1C2=O. The van der Waals surface area contributed by atoms with Crippen LogP contribution in [0.15, 0.2) is 89.2 Å². The molecule has 3 aromatic carbocycles. The summed E-state index contributed by atoms with van der Waals surface area (Å²) in [6.07, 6.45) is 7.94. The summed E-state index contributed by atoms with van der Waals surface area (Å²) in [6, 6.07) is 9.42. The fourth-order valence-corrected chi connectivity index (χ4v) is 12.0. The van der Waals surface area contributed by atoms with Crippen LogP contribution in [-0.4, -0.2) is 256 Å². The van der Waals surface area contributed by atoms with Crippen LogP contribution in [0.4, 0.5) is 21.9 Å². The molecule has 0 saturated carbocycles. The Morgan fingerprint density at radius 2 is 1.12 bits per heavy atom. The number of unbranched alkanes of at least 4 members (excludes halogenated alkanes) is 2. The van der Waals surface area contributed by atoms with Gasteiger partial charge in [0, 0.05) is 74.5 Å². The number of carbonyl (C=O) groups is 9. The molecule has 3 aromatic rings. The molecule has 0 spiro atoms. The molecule has 5 heterocycles. The van der Waals surface area contributed by atoms with Gasteiger partial charge in [-0.1, -0.05) is 37.1 Å².